The zero-order valence-corrected chi connectivity index (χ0v) is 38.9. The molecule has 0 unspecified atom stereocenters. The van der Waals surface area contributed by atoms with E-state index in [2.05, 4.69) is 20.9 Å². The van der Waals surface area contributed by atoms with E-state index < -0.39 is 47.2 Å². The van der Waals surface area contributed by atoms with Crippen LogP contribution in [0.4, 0.5) is 19.2 Å². The summed E-state index contributed by atoms with van der Waals surface area (Å²) in [7, 11) is 0. The summed E-state index contributed by atoms with van der Waals surface area (Å²) in [6.07, 6.45) is 3.84. The van der Waals surface area contributed by atoms with Crippen LogP contribution in [0, 0.1) is 0 Å². The van der Waals surface area contributed by atoms with Gasteiger partial charge in [-0.3, -0.25) is 4.79 Å². The summed E-state index contributed by atoms with van der Waals surface area (Å²) in [5.41, 5.74) is 0.681. The molecule has 0 aliphatic carbocycles. The van der Waals surface area contributed by atoms with Crippen LogP contribution in [0.5, 0.6) is 5.75 Å². The molecule has 0 spiro atoms. The van der Waals surface area contributed by atoms with Crippen LogP contribution in [-0.4, -0.2) is 96.5 Å². The lowest BCUT2D eigenvalue weighted by atomic mass is 10.1. The summed E-state index contributed by atoms with van der Waals surface area (Å²) in [6, 6.07) is 16.5. The second kappa shape index (κ2) is 26.9. The summed E-state index contributed by atoms with van der Waals surface area (Å²) >= 11 is 0. The number of hydrogen-bond acceptors (Lipinski definition) is 10. The third-order valence-electron chi connectivity index (χ3n) is 8.70. The van der Waals surface area contributed by atoms with Gasteiger partial charge in [0.1, 0.15) is 41.8 Å². The van der Waals surface area contributed by atoms with E-state index in [4.69, 9.17) is 23.7 Å². The van der Waals surface area contributed by atoms with Crippen LogP contribution >= 0.6 is 0 Å². The van der Waals surface area contributed by atoms with Crippen molar-refractivity contribution in [1.82, 2.24) is 20.9 Å². The molecule has 1 atom stereocenters. The lowest BCUT2D eigenvalue weighted by molar-refractivity contribution is -0.123. The zero-order chi connectivity index (χ0) is 46.2. The van der Waals surface area contributed by atoms with Crippen LogP contribution in [0.1, 0.15) is 132 Å². The summed E-state index contributed by atoms with van der Waals surface area (Å²) in [6.45, 7) is 19.6. The Morgan fingerprint density at radius 2 is 1.31 bits per heavy atom. The van der Waals surface area contributed by atoms with Crippen LogP contribution < -0.4 is 20.7 Å². The van der Waals surface area contributed by atoms with Gasteiger partial charge in [-0.25, -0.2) is 19.2 Å². The number of unbranched alkanes of at least 4 members (excludes halogenated alkanes) is 3. The molecule has 2 aromatic carbocycles. The van der Waals surface area contributed by atoms with Crippen molar-refractivity contribution in [1.29, 1.82) is 0 Å². The topological polar surface area (TPSA) is 183 Å². The first-order valence-corrected chi connectivity index (χ1v) is 21.8. The number of rotatable bonds is 23. The highest BCUT2D eigenvalue weighted by Gasteiger charge is 2.25. The third-order valence-corrected chi connectivity index (χ3v) is 8.70. The molecule has 15 heteroatoms. The van der Waals surface area contributed by atoms with Gasteiger partial charge < -0.3 is 44.5 Å². The Bertz CT molecular complexity index is 1700. The molecule has 0 heterocycles. The molecule has 346 valence electrons. The van der Waals surface area contributed by atoms with Gasteiger partial charge >= 0.3 is 24.4 Å². The molecule has 5 amide bonds. The van der Waals surface area contributed by atoms with Gasteiger partial charge in [0.05, 0.1) is 6.54 Å². The van der Waals surface area contributed by atoms with E-state index in [-0.39, 0.29) is 32.2 Å². The molecule has 0 aliphatic rings. The Labute approximate surface area is 369 Å². The average Bonchev–Trinajstić information content (AvgIpc) is 3.15. The number of amides is 5. The molecule has 0 aliphatic heterocycles. The molecule has 0 saturated heterocycles. The van der Waals surface area contributed by atoms with Crippen LogP contribution in [-0.2, 0) is 36.8 Å². The van der Waals surface area contributed by atoms with Crippen molar-refractivity contribution in [3.8, 4) is 5.75 Å². The molecule has 0 saturated carbocycles. The van der Waals surface area contributed by atoms with Crippen molar-refractivity contribution in [3.63, 3.8) is 0 Å². The van der Waals surface area contributed by atoms with Crippen molar-refractivity contribution in [3.05, 3.63) is 65.7 Å². The molecule has 0 bridgehead atoms. The minimum atomic E-state index is -0.832. The number of hydrogen-bond donors (Lipinski definition) is 3. The average molecular weight is 868 g/mol. The zero-order valence-electron chi connectivity index (χ0n) is 38.9. The number of aryl methyl sites for hydroxylation is 1. The molecule has 0 aromatic heterocycles. The molecular formula is C47H73N5O10. The van der Waals surface area contributed by atoms with Crippen molar-refractivity contribution in [2.45, 2.75) is 156 Å². The number of ether oxygens (including phenoxy) is 5. The standard InChI is InChI=1S/C47H73N5O10/c1-35(50-42(55)60-45(2,3)4)20-13-11-16-24-39(51-43(56)61-46(5,6)7)40(53)48-30-19-31-52(44(57)62-47(8,9)10)32-33-58-38-27-25-36(26-28-38)21-17-18-29-49-41(54)59-34-37-22-14-12-15-23-37/h12,14-15,22-23,25-28,39H,11,13,16-21,24,29-34H2,1-10H3,(H,48,53)(H,49,54)(H,51,56)/t39-/m0/s1. The van der Waals surface area contributed by atoms with Gasteiger partial charge in [-0.05, 0) is 137 Å². The predicted molar refractivity (Wildman–Crippen MR) is 241 cm³/mol. The quantitative estimate of drug-likeness (QED) is 0.0553. The fraction of sp³-hybridized carbons (Fsp3) is 0.617. The summed E-state index contributed by atoms with van der Waals surface area (Å²) < 4.78 is 27.6. The number of nitrogens with zero attached hydrogens (tertiary/aromatic N) is 2. The molecule has 2 aromatic rings. The molecule has 0 fully saturated rings. The monoisotopic (exact) mass is 868 g/mol. The maximum Gasteiger partial charge on any atom is 0.434 e. The van der Waals surface area contributed by atoms with Crippen LogP contribution in [0.3, 0.4) is 0 Å². The molecule has 62 heavy (non-hydrogen) atoms. The molecule has 0 radical (unpaired) electrons. The van der Waals surface area contributed by atoms with E-state index >= 15 is 0 Å². The first-order chi connectivity index (χ1) is 29.1. The molecule has 2 rings (SSSR count). The number of benzene rings is 2. The van der Waals surface area contributed by atoms with Crippen molar-refractivity contribution in [2.75, 3.05) is 32.8 Å². The maximum atomic E-state index is 13.3. The number of alkyl carbamates (subject to hydrolysis) is 2. The highest BCUT2D eigenvalue weighted by Crippen LogP contribution is 2.16. The lowest BCUT2D eigenvalue weighted by Gasteiger charge is -2.27. The van der Waals surface area contributed by atoms with E-state index in [0.29, 0.717) is 50.2 Å². The fourth-order valence-corrected chi connectivity index (χ4v) is 5.79. The van der Waals surface area contributed by atoms with Gasteiger partial charge in [0.15, 0.2) is 0 Å². The first kappa shape index (κ1) is 52.8. The van der Waals surface area contributed by atoms with Crippen molar-refractivity contribution in [2.24, 2.45) is 4.99 Å². The largest absolute Gasteiger partial charge is 0.492 e. The second-order valence-electron chi connectivity index (χ2n) is 18.2. The Kier molecular flexibility index (Phi) is 22.9. The minimum absolute atomic E-state index is 0.227. The Hall–Kier alpha value is -5.34. The summed E-state index contributed by atoms with van der Waals surface area (Å²) in [5, 5.41) is 8.41. The smallest absolute Gasteiger partial charge is 0.434 e. The number of carbonyl (C=O) groups is 5. The SMILES string of the molecule is CC(CCCCC[C@H](NC(=O)OC(C)(C)C)C(=O)NCCCN(CCOc1ccc(CCCCNC(=O)OCc2ccccc2)cc1)C(=O)OC(C)(C)C)=NC(=O)OC(C)(C)C. The maximum absolute atomic E-state index is 13.3. The number of carbonyl (C=O) groups excluding carboxylic acids is 5. The minimum Gasteiger partial charge on any atom is -0.492 e. The van der Waals surface area contributed by atoms with Gasteiger partial charge in [-0.2, -0.15) is 4.99 Å². The van der Waals surface area contributed by atoms with Crippen LogP contribution in [0.15, 0.2) is 59.6 Å². The van der Waals surface area contributed by atoms with Crippen molar-refractivity contribution >= 4 is 36.0 Å². The predicted octanol–water partition coefficient (Wildman–Crippen LogP) is 9.30. The number of aliphatic imine (C=N–C) groups is 1. The normalized spacial score (nSPS) is 12.4. The van der Waals surface area contributed by atoms with Gasteiger partial charge in [-0.15, -0.1) is 0 Å². The highest BCUT2D eigenvalue weighted by molar-refractivity contribution is 5.91. The van der Waals surface area contributed by atoms with Crippen LogP contribution in [0.25, 0.3) is 0 Å². The molecule has 15 nitrogen and oxygen atoms in total. The first-order valence-electron chi connectivity index (χ1n) is 21.8. The molecule has 3 N–H and O–H groups in total. The molecular weight excluding hydrogens is 795 g/mol. The van der Waals surface area contributed by atoms with Crippen molar-refractivity contribution < 1.29 is 47.7 Å². The van der Waals surface area contributed by atoms with Crippen LogP contribution in [0.2, 0.25) is 0 Å². The Morgan fingerprint density at radius 3 is 1.95 bits per heavy atom. The van der Waals surface area contributed by atoms with E-state index in [0.717, 1.165) is 43.2 Å². The summed E-state index contributed by atoms with van der Waals surface area (Å²) in [4.78, 5) is 68.7. The van der Waals surface area contributed by atoms with E-state index in [1.54, 1.807) is 74.1 Å². The van der Waals surface area contributed by atoms with E-state index in [9.17, 15) is 24.0 Å². The summed E-state index contributed by atoms with van der Waals surface area (Å²) in [5.74, 6) is 0.311. The Balaban J connectivity index is 1.83. The van der Waals surface area contributed by atoms with Gasteiger partial charge in [0, 0.05) is 25.3 Å². The Morgan fingerprint density at radius 1 is 0.661 bits per heavy atom. The number of nitrogens with one attached hydrogen (secondary N) is 3. The fourth-order valence-electron chi connectivity index (χ4n) is 5.79. The highest BCUT2D eigenvalue weighted by atomic mass is 16.6. The van der Waals surface area contributed by atoms with E-state index in [1.165, 1.54) is 0 Å². The second-order valence-corrected chi connectivity index (χ2v) is 18.2. The third kappa shape index (κ3) is 26.1. The van der Waals surface area contributed by atoms with E-state index in [1.807, 2.05) is 54.6 Å². The lowest BCUT2D eigenvalue weighted by Crippen LogP contribution is -2.48. The van der Waals surface area contributed by atoms with Gasteiger partial charge in [-0.1, -0.05) is 55.3 Å². The van der Waals surface area contributed by atoms with Gasteiger partial charge in [0.2, 0.25) is 5.91 Å². The van der Waals surface area contributed by atoms with Gasteiger partial charge in [0.25, 0.3) is 0 Å².